The average molecular weight is 120 g/mol. The highest BCUT2D eigenvalue weighted by Gasteiger charge is 2.37. The zero-order valence-electron chi connectivity index (χ0n) is 4.66. The van der Waals surface area contributed by atoms with Gasteiger partial charge in [0.1, 0.15) is 6.04 Å². The van der Waals surface area contributed by atoms with E-state index in [9.17, 15) is 4.79 Å². The number of rotatable bonds is 0. The van der Waals surface area contributed by atoms with Gasteiger partial charge >= 0.3 is 0 Å². The SMILES string of the molecule is C#CC(=O)N1CC1C#N. The summed E-state index contributed by atoms with van der Waals surface area (Å²) in [5.41, 5.74) is 0. The summed E-state index contributed by atoms with van der Waals surface area (Å²) >= 11 is 0. The van der Waals surface area contributed by atoms with Crippen LogP contribution in [-0.4, -0.2) is 23.4 Å². The minimum atomic E-state index is -0.387. The fourth-order valence-corrected chi connectivity index (χ4v) is 0.557. The van der Waals surface area contributed by atoms with Gasteiger partial charge in [0.05, 0.1) is 12.6 Å². The highest BCUT2D eigenvalue weighted by Crippen LogP contribution is 2.14. The van der Waals surface area contributed by atoms with Crippen LogP contribution in [0, 0.1) is 23.7 Å². The summed E-state index contributed by atoms with van der Waals surface area (Å²) in [4.78, 5) is 11.8. The van der Waals surface area contributed by atoms with Crippen LogP contribution >= 0.6 is 0 Å². The van der Waals surface area contributed by atoms with Crippen LogP contribution in [0.5, 0.6) is 0 Å². The summed E-state index contributed by atoms with van der Waals surface area (Å²) in [6.45, 7) is 0.500. The van der Waals surface area contributed by atoms with Crippen molar-refractivity contribution >= 4 is 5.91 Å². The van der Waals surface area contributed by atoms with Crippen molar-refractivity contribution in [2.24, 2.45) is 0 Å². The van der Waals surface area contributed by atoms with Gasteiger partial charge in [-0.3, -0.25) is 4.79 Å². The molecule has 1 fully saturated rings. The first kappa shape index (κ1) is 5.65. The molecule has 0 aliphatic carbocycles. The van der Waals surface area contributed by atoms with Gasteiger partial charge in [-0.2, -0.15) is 5.26 Å². The molecule has 9 heavy (non-hydrogen) atoms. The molecule has 1 heterocycles. The number of hydrogen-bond donors (Lipinski definition) is 0. The van der Waals surface area contributed by atoms with E-state index in [2.05, 4.69) is 0 Å². The molecule has 0 aromatic carbocycles. The maximum Gasteiger partial charge on any atom is 0.299 e. The summed E-state index contributed by atoms with van der Waals surface area (Å²) in [5, 5.41) is 8.21. The number of carbonyl (C=O) groups excluding carboxylic acids is 1. The highest BCUT2D eigenvalue weighted by atomic mass is 16.2. The molecule has 3 nitrogen and oxygen atoms in total. The average Bonchev–Trinajstić information content (AvgIpc) is 2.64. The van der Waals surface area contributed by atoms with E-state index >= 15 is 0 Å². The first-order valence-corrected chi connectivity index (χ1v) is 2.46. The third-order valence-electron chi connectivity index (χ3n) is 1.15. The molecule has 1 aliphatic heterocycles. The van der Waals surface area contributed by atoms with Gasteiger partial charge in [0.25, 0.3) is 5.91 Å². The number of hydrogen-bond acceptors (Lipinski definition) is 2. The Morgan fingerprint density at radius 1 is 1.89 bits per heavy atom. The van der Waals surface area contributed by atoms with Crippen LogP contribution in [0.15, 0.2) is 0 Å². The van der Waals surface area contributed by atoms with E-state index in [1.165, 1.54) is 4.90 Å². The van der Waals surface area contributed by atoms with Gasteiger partial charge in [0.2, 0.25) is 0 Å². The molecule has 0 saturated carbocycles. The van der Waals surface area contributed by atoms with Crippen LogP contribution in [0.2, 0.25) is 0 Å². The second-order valence-electron chi connectivity index (χ2n) is 1.75. The molecule has 0 aromatic rings. The number of nitriles is 1. The third kappa shape index (κ3) is 0.850. The number of amides is 1. The van der Waals surface area contributed by atoms with Crippen LogP contribution in [0.1, 0.15) is 0 Å². The summed E-state index contributed by atoms with van der Waals surface area (Å²) in [5.74, 6) is 1.54. The van der Waals surface area contributed by atoms with E-state index in [-0.39, 0.29) is 11.9 Å². The zero-order valence-corrected chi connectivity index (χ0v) is 4.66. The van der Waals surface area contributed by atoms with Crippen molar-refractivity contribution in [3.8, 4) is 18.4 Å². The summed E-state index contributed by atoms with van der Waals surface area (Å²) in [7, 11) is 0. The predicted molar refractivity (Wildman–Crippen MR) is 29.9 cm³/mol. The molecule has 1 saturated heterocycles. The first-order valence-electron chi connectivity index (χ1n) is 2.46. The molecular weight excluding hydrogens is 116 g/mol. The van der Waals surface area contributed by atoms with Crippen LogP contribution in [0.25, 0.3) is 0 Å². The molecule has 0 radical (unpaired) electrons. The Balaban J connectivity index is 2.47. The molecule has 0 spiro atoms. The molecule has 0 N–H and O–H groups in total. The van der Waals surface area contributed by atoms with E-state index in [1.807, 2.05) is 12.0 Å². The van der Waals surface area contributed by atoms with Crippen LogP contribution in [-0.2, 0) is 4.79 Å². The highest BCUT2D eigenvalue weighted by molar-refractivity contribution is 5.95. The molecule has 3 heteroatoms. The second kappa shape index (κ2) is 1.80. The topological polar surface area (TPSA) is 43.9 Å². The van der Waals surface area contributed by atoms with Gasteiger partial charge in [0.15, 0.2) is 0 Å². The Morgan fingerprint density at radius 2 is 2.56 bits per heavy atom. The Kier molecular flexibility index (Phi) is 1.13. The summed E-state index contributed by atoms with van der Waals surface area (Å²) in [6.07, 6.45) is 4.78. The van der Waals surface area contributed by atoms with Crippen molar-refractivity contribution in [3.63, 3.8) is 0 Å². The molecular formula is C6H4N2O. The molecule has 1 unspecified atom stereocenters. The number of nitrogens with zero attached hydrogens (tertiary/aromatic N) is 2. The maximum absolute atomic E-state index is 10.5. The second-order valence-corrected chi connectivity index (χ2v) is 1.75. The van der Waals surface area contributed by atoms with Crippen LogP contribution in [0.3, 0.4) is 0 Å². The monoisotopic (exact) mass is 120 g/mol. The number of terminal acetylenes is 1. The van der Waals surface area contributed by atoms with Gasteiger partial charge < -0.3 is 4.90 Å². The number of carbonyl (C=O) groups is 1. The largest absolute Gasteiger partial charge is 0.311 e. The maximum atomic E-state index is 10.5. The Hall–Kier alpha value is -1.48. The van der Waals surface area contributed by atoms with Crippen LogP contribution < -0.4 is 0 Å². The normalized spacial score (nSPS) is 22.0. The molecule has 1 rings (SSSR count). The minimum absolute atomic E-state index is 0.256. The van der Waals surface area contributed by atoms with Crippen molar-refractivity contribution in [3.05, 3.63) is 0 Å². The van der Waals surface area contributed by atoms with Crippen LogP contribution in [0.4, 0.5) is 0 Å². The lowest BCUT2D eigenvalue weighted by Crippen LogP contribution is -2.08. The minimum Gasteiger partial charge on any atom is -0.311 e. The van der Waals surface area contributed by atoms with Crippen molar-refractivity contribution in [2.75, 3.05) is 6.54 Å². The van der Waals surface area contributed by atoms with E-state index in [1.54, 1.807) is 0 Å². The Morgan fingerprint density at radius 3 is 2.89 bits per heavy atom. The zero-order chi connectivity index (χ0) is 6.85. The van der Waals surface area contributed by atoms with E-state index in [0.29, 0.717) is 6.54 Å². The van der Waals surface area contributed by atoms with Crippen molar-refractivity contribution < 1.29 is 4.79 Å². The molecule has 0 aromatic heterocycles. The molecule has 1 aliphatic rings. The first-order chi connectivity index (χ1) is 4.29. The lowest BCUT2D eigenvalue weighted by Gasteiger charge is -1.87. The van der Waals surface area contributed by atoms with Crippen molar-refractivity contribution in [1.82, 2.24) is 4.90 Å². The van der Waals surface area contributed by atoms with E-state index in [0.717, 1.165) is 0 Å². The quantitative estimate of drug-likeness (QED) is 0.315. The van der Waals surface area contributed by atoms with Crippen molar-refractivity contribution in [1.29, 1.82) is 5.26 Å². The lowest BCUT2D eigenvalue weighted by atomic mass is 10.5. The van der Waals surface area contributed by atoms with E-state index in [4.69, 9.17) is 11.7 Å². The van der Waals surface area contributed by atoms with E-state index < -0.39 is 0 Å². The van der Waals surface area contributed by atoms with Gasteiger partial charge in [-0.05, 0) is 5.92 Å². The van der Waals surface area contributed by atoms with Gasteiger partial charge in [-0.25, -0.2) is 0 Å². The summed E-state index contributed by atoms with van der Waals surface area (Å²) < 4.78 is 0. The molecule has 44 valence electrons. The predicted octanol–water partition coefficient (Wildman–Crippen LogP) is -0.646. The molecule has 1 amide bonds. The molecule has 0 bridgehead atoms. The summed E-state index contributed by atoms with van der Waals surface area (Å²) in [6, 6.07) is 1.66. The lowest BCUT2D eigenvalue weighted by molar-refractivity contribution is -0.120. The van der Waals surface area contributed by atoms with Gasteiger partial charge in [-0.15, -0.1) is 6.42 Å². The van der Waals surface area contributed by atoms with Gasteiger partial charge in [0, 0.05) is 0 Å². The Labute approximate surface area is 52.9 Å². The standard InChI is InChI=1S/C6H4N2O/c1-2-6(9)8-4-5(8)3-7/h1,5H,4H2. The third-order valence-corrected chi connectivity index (χ3v) is 1.15. The Bertz CT molecular complexity index is 220. The fourth-order valence-electron chi connectivity index (χ4n) is 0.557. The molecule has 1 atom stereocenters. The smallest absolute Gasteiger partial charge is 0.299 e. The fraction of sp³-hybridized carbons (Fsp3) is 0.333. The van der Waals surface area contributed by atoms with Crippen molar-refractivity contribution in [2.45, 2.75) is 6.04 Å². The van der Waals surface area contributed by atoms with Gasteiger partial charge in [-0.1, -0.05) is 0 Å².